The molecule has 0 aromatic heterocycles. The zero-order valence-electron chi connectivity index (χ0n) is 8.08. The molecule has 2 unspecified atom stereocenters. The van der Waals surface area contributed by atoms with Crippen molar-refractivity contribution in [1.82, 2.24) is 4.90 Å². The summed E-state index contributed by atoms with van der Waals surface area (Å²) >= 11 is 0. The number of aliphatic hydroxyl groups excluding tert-OH is 1. The van der Waals surface area contributed by atoms with Gasteiger partial charge in [-0.3, -0.25) is 4.90 Å². The fraction of sp³-hybridized carbons (Fsp3) is 1.00. The summed E-state index contributed by atoms with van der Waals surface area (Å²) in [7, 11) is 0. The van der Waals surface area contributed by atoms with Crippen molar-refractivity contribution in [1.29, 1.82) is 0 Å². The van der Waals surface area contributed by atoms with Gasteiger partial charge in [-0.1, -0.05) is 6.92 Å². The fourth-order valence-corrected chi connectivity index (χ4v) is 2.24. The molecule has 4 heteroatoms. The Bertz CT molecular complexity index is 166. The predicted octanol–water partition coefficient (Wildman–Crippen LogP) is 1.34. The quantitative estimate of drug-likeness (QED) is 0.731. The molecule has 0 aromatic carbocycles. The van der Waals surface area contributed by atoms with E-state index in [0.29, 0.717) is 5.92 Å². The van der Waals surface area contributed by atoms with Crippen molar-refractivity contribution < 1.29 is 13.9 Å². The zero-order chi connectivity index (χ0) is 10.0. The maximum atomic E-state index is 12.2. The van der Waals surface area contributed by atoms with E-state index in [9.17, 15) is 8.78 Å². The van der Waals surface area contributed by atoms with Crippen molar-refractivity contribution in [3.05, 3.63) is 0 Å². The standard InChI is InChI=1S/C9H17F2NO/c1-6-3-7(2)12(4-9(10)11)8(6)5-13/h6-9,13H,3-5H2,1-2H3/t6?,7-,8?/m0/s1. The van der Waals surface area contributed by atoms with Gasteiger partial charge in [0, 0.05) is 12.1 Å². The van der Waals surface area contributed by atoms with Gasteiger partial charge in [0.15, 0.2) is 0 Å². The fourth-order valence-electron chi connectivity index (χ4n) is 2.24. The maximum absolute atomic E-state index is 12.2. The molecule has 3 atom stereocenters. The molecule has 1 aliphatic rings. The van der Waals surface area contributed by atoms with E-state index in [0.717, 1.165) is 6.42 Å². The molecule has 1 rings (SSSR count). The van der Waals surface area contributed by atoms with Crippen LogP contribution in [-0.4, -0.2) is 41.7 Å². The van der Waals surface area contributed by atoms with Crippen LogP contribution in [0, 0.1) is 5.92 Å². The molecular formula is C9H17F2NO. The molecule has 0 saturated carbocycles. The summed E-state index contributed by atoms with van der Waals surface area (Å²) in [6, 6.07) is 0.0881. The van der Waals surface area contributed by atoms with Gasteiger partial charge in [0.25, 0.3) is 6.43 Å². The number of rotatable bonds is 3. The second-order valence-corrected chi connectivity index (χ2v) is 3.90. The van der Waals surface area contributed by atoms with Crippen LogP contribution >= 0.6 is 0 Å². The highest BCUT2D eigenvalue weighted by Crippen LogP contribution is 2.29. The Kier molecular flexibility index (Phi) is 3.62. The molecule has 1 fully saturated rings. The summed E-state index contributed by atoms with van der Waals surface area (Å²) in [5.41, 5.74) is 0. The first-order chi connectivity index (χ1) is 6.06. The number of hydrogen-bond acceptors (Lipinski definition) is 2. The molecule has 1 aliphatic heterocycles. The van der Waals surface area contributed by atoms with Gasteiger partial charge in [0.1, 0.15) is 0 Å². The summed E-state index contributed by atoms with van der Waals surface area (Å²) in [6.45, 7) is 3.71. The minimum absolute atomic E-state index is 0.0156. The molecular weight excluding hydrogens is 176 g/mol. The van der Waals surface area contributed by atoms with E-state index in [2.05, 4.69) is 0 Å². The van der Waals surface area contributed by atoms with Crippen molar-refractivity contribution in [2.45, 2.75) is 38.8 Å². The van der Waals surface area contributed by atoms with Crippen LogP contribution in [0.1, 0.15) is 20.3 Å². The molecule has 0 aromatic rings. The SMILES string of the molecule is CC1C[C@H](C)N(CC(F)F)C1CO. The highest BCUT2D eigenvalue weighted by molar-refractivity contribution is 4.89. The minimum atomic E-state index is -2.30. The Morgan fingerprint density at radius 2 is 2.08 bits per heavy atom. The minimum Gasteiger partial charge on any atom is -0.395 e. The Balaban J connectivity index is 2.58. The topological polar surface area (TPSA) is 23.5 Å². The van der Waals surface area contributed by atoms with Gasteiger partial charge in [-0.25, -0.2) is 8.78 Å². The second-order valence-electron chi connectivity index (χ2n) is 3.90. The van der Waals surface area contributed by atoms with Gasteiger partial charge in [-0.2, -0.15) is 0 Å². The molecule has 13 heavy (non-hydrogen) atoms. The molecule has 1 N–H and O–H groups in total. The van der Waals surface area contributed by atoms with Crippen LogP contribution in [0.3, 0.4) is 0 Å². The normalized spacial score (nSPS) is 36.0. The lowest BCUT2D eigenvalue weighted by Gasteiger charge is -2.27. The molecule has 0 amide bonds. The summed E-state index contributed by atoms with van der Waals surface area (Å²) < 4.78 is 24.3. The van der Waals surface area contributed by atoms with Gasteiger partial charge in [0.2, 0.25) is 0 Å². The van der Waals surface area contributed by atoms with Crippen molar-refractivity contribution in [2.24, 2.45) is 5.92 Å². The lowest BCUT2D eigenvalue weighted by atomic mass is 10.0. The Morgan fingerprint density at radius 1 is 1.46 bits per heavy atom. The van der Waals surface area contributed by atoms with E-state index in [1.165, 1.54) is 0 Å². The highest BCUT2D eigenvalue weighted by atomic mass is 19.3. The number of likely N-dealkylation sites (tertiary alicyclic amines) is 1. The molecule has 1 saturated heterocycles. The van der Waals surface area contributed by atoms with Crippen LogP contribution in [-0.2, 0) is 0 Å². The van der Waals surface area contributed by atoms with Gasteiger partial charge < -0.3 is 5.11 Å². The largest absolute Gasteiger partial charge is 0.395 e. The van der Waals surface area contributed by atoms with Gasteiger partial charge >= 0.3 is 0 Å². The third-order valence-electron chi connectivity index (χ3n) is 2.90. The first-order valence-corrected chi connectivity index (χ1v) is 4.71. The summed E-state index contributed by atoms with van der Waals surface area (Å²) in [6.07, 6.45) is -1.40. The van der Waals surface area contributed by atoms with Crippen LogP contribution in [0.15, 0.2) is 0 Å². The van der Waals surface area contributed by atoms with Crippen LogP contribution in [0.4, 0.5) is 8.78 Å². The number of halogens is 2. The van der Waals surface area contributed by atoms with E-state index in [-0.39, 0.29) is 25.2 Å². The first kappa shape index (κ1) is 10.9. The Morgan fingerprint density at radius 3 is 2.54 bits per heavy atom. The van der Waals surface area contributed by atoms with Crippen molar-refractivity contribution in [3.8, 4) is 0 Å². The van der Waals surface area contributed by atoms with Gasteiger partial charge in [-0.05, 0) is 19.3 Å². The number of hydrogen-bond donors (Lipinski definition) is 1. The first-order valence-electron chi connectivity index (χ1n) is 4.71. The number of alkyl halides is 2. The summed E-state index contributed by atoms with van der Waals surface area (Å²) in [4.78, 5) is 1.72. The van der Waals surface area contributed by atoms with Crippen LogP contribution in [0.5, 0.6) is 0 Å². The lowest BCUT2D eigenvalue weighted by molar-refractivity contribution is 0.0440. The molecule has 0 aliphatic carbocycles. The van der Waals surface area contributed by atoms with Crippen molar-refractivity contribution >= 4 is 0 Å². The maximum Gasteiger partial charge on any atom is 0.251 e. The molecule has 0 radical (unpaired) electrons. The number of nitrogens with zero attached hydrogens (tertiary/aromatic N) is 1. The van der Waals surface area contributed by atoms with E-state index < -0.39 is 6.43 Å². The van der Waals surface area contributed by atoms with Crippen LogP contribution in [0.25, 0.3) is 0 Å². The third-order valence-corrected chi connectivity index (χ3v) is 2.90. The van der Waals surface area contributed by atoms with Gasteiger partial charge in [-0.15, -0.1) is 0 Å². The average Bonchev–Trinajstić information content (AvgIpc) is 2.26. The summed E-state index contributed by atoms with van der Waals surface area (Å²) in [5.74, 6) is 0.318. The zero-order valence-corrected chi connectivity index (χ0v) is 8.08. The average molecular weight is 193 g/mol. The van der Waals surface area contributed by atoms with E-state index in [1.807, 2.05) is 13.8 Å². The number of aliphatic hydroxyl groups is 1. The highest BCUT2D eigenvalue weighted by Gasteiger charge is 2.36. The monoisotopic (exact) mass is 193 g/mol. The van der Waals surface area contributed by atoms with E-state index >= 15 is 0 Å². The predicted molar refractivity (Wildman–Crippen MR) is 46.8 cm³/mol. The van der Waals surface area contributed by atoms with E-state index in [1.54, 1.807) is 4.90 Å². The summed E-state index contributed by atoms with van der Waals surface area (Å²) in [5, 5.41) is 9.05. The third kappa shape index (κ3) is 2.38. The molecule has 0 bridgehead atoms. The molecule has 1 heterocycles. The van der Waals surface area contributed by atoms with Crippen LogP contribution in [0.2, 0.25) is 0 Å². The van der Waals surface area contributed by atoms with Crippen LogP contribution < -0.4 is 0 Å². The Labute approximate surface area is 77.5 Å². The smallest absolute Gasteiger partial charge is 0.251 e. The molecule has 78 valence electrons. The lowest BCUT2D eigenvalue weighted by Crippen LogP contribution is -2.41. The van der Waals surface area contributed by atoms with Crippen molar-refractivity contribution in [3.63, 3.8) is 0 Å². The molecule has 2 nitrogen and oxygen atoms in total. The second kappa shape index (κ2) is 4.33. The van der Waals surface area contributed by atoms with E-state index in [4.69, 9.17) is 5.11 Å². The van der Waals surface area contributed by atoms with Gasteiger partial charge in [0.05, 0.1) is 13.2 Å². The van der Waals surface area contributed by atoms with Crippen molar-refractivity contribution in [2.75, 3.05) is 13.2 Å². The molecule has 0 spiro atoms. The Hall–Kier alpha value is -0.220.